The molecule has 0 radical (unpaired) electrons. The van der Waals surface area contributed by atoms with E-state index in [9.17, 15) is 0 Å². The first-order chi connectivity index (χ1) is 8.04. The normalized spacial score (nSPS) is 29.1. The van der Waals surface area contributed by atoms with Crippen LogP contribution in [0.25, 0.3) is 0 Å². The number of nitrogens with one attached hydrogen (secondary N) is 1. The Morgan fingerprint density at radius 2 is 1.71 bits per heavy atom. The first-order valence-electron chi connectivity index (χ1n) is 6.27. The van der Waals surface area contributed by atoms with E-state index in [0.29, 0.717) is 22.0 Å². The summed E-state index contributed by atoms with van der Waals surface area (Å²) in [5.74, 6) is 1.52. The molecule has 1 fully saturated rings. The van der Waals surface area contributed by atoms with Gasteiger partial charge in [-0.05, 0) is 42.9 Å². The van der Waals surface area contributed by atoms with Gasteiger partial charge in [0, 0.05) is 21.8 Å². The van der Waals surface area contributed by atoms with E-state index in [-0.39, 0.29) is 0 Å². The number of hydrogen-bond donors (Lipinski definition) is 1. The van der Waals surface area contributed by atoms with Crippen LogP contribution in [0.15, 0.2) is 18.2 Å². The minimum atomic E-state index is 0.535. The monoisotopic (exact) mass is 271 g/mol. The molecular weight excluding hydrogens is 253 g/mol. The molecule has 17 heavy (non-hydrogen) atoms. The summed E-state index contributed by atoms with van der Waals surface area (Å²) in [7, 11) is 0. The molecule has 3 unspecified atom stereocenters. The van der Waals surface area contributed by atoms with Gasteiger partial charge in [-0.2, -0.15) is 0 Å². The molecule has 0 bridgehead atoms. The van der Waals surface area contributed by atoms with E-state index >= 15 is 0 Å². The predicted molar refractivity (Wildman–Crippen MR) is 76.1 cm³/mol. The van der Waals surface area contributed by atoms with Crippen molar-refractivity contribution >= 4 is 28.9 Å². The minimum absolute atomic E-state index is 0.535. The molecule has 1 aliphatic carbocycles. The Hall–Kier alpha value is -0.400. The summed E-state index contributed by atoms with van der Waals surface area (Å²) in [6.07, 6.45) is 3.87. The molecule has 1 nitrogen and oxygen atoms in total. The SMILES string of the molecule is CC1CCC(C)C(Nc2cc(Cl)cc(Cl)c2)C1. The van der Waals surface area contributed by atoms with E-state index in [1.807, 2.05) is 12.1 Å². The van der Waals surface area contributed by atoms with E-state index in [1.54, 1.807) is 6.07 Å². The first-order valence-corrected chi connectivity index (χ1v) is 7.03. The summed E-state index contributed by atoms with van der Waals surface area (Å²) in [4.78, 5) is 0. The van der Waals surface area contributed by atoms with Gasteiger partial charge in [-0.3, -0.25) is 0 Å². The van der Waals surface area contributed by atoms with Gasteiger partial charge in [-0.15, -0.1) is 0 Å². The average molecular weight is 272 g/mol. The molecule has 1 aromatic rings. The van der Waals surface area contributed by atoms with Crippen LogP contribution in [0, 0.1) is 11.8 Å². The molecule has 1 saturated carbocycles. The number of benzene rings is 1. The Morgan fingerprint density at radius 1 is 1.06 bits per heavy atom. The van der Waals surface area contributed by atoms with Gasteiger partial charge in [0.1, 0.15) is 0 Å². The van der Waals surface area contributed by atoms with Crippen LogP contribution in [0.1, 0.15) is 33.1 Å². The zero-order valence-corrected chi connectivity index (χ0v) is 11.9. The van der Waals surface area contributed by atoms with Crippen LogP contribution in [0.4, 0.5) is 5.69 Å². The van der Waals surface area contributed by atoms with E-state index in [0.717, 1.165) is 11.6 Å². The lowest BCUT2D eigenvalue weighted by Crippen LogP contribution is -2.33. The molecule has 1 N–H and O–H groups in total. The lowest BCUT2D eigenvalue weighted by molar-refractivity contribution is 0.281. The van der Waals surface area contributed by atoms with Gasteiger partial charge in [0.15, 0.2) is 0 Å². The molecule has 0 heterocycles. The fourth-order valence-electron chi connectivity index (χ4n) is 2.58. The van der Waals surface area contributed by atoms with Crippen LogP contribution in [0.3, 0.4) is 0 Å². The maximum Gasteiger partial charge on any atom is 0.0441 e. The second kappa shape index (κ2) is 5.49. The van der Waals surface area contributed by atoms with Gasteiger partial charge >= 0.3 is 0 Å². The fraction of sp³-hybridized carbons (Fsp3) is 0.571. The van der Waals surface area contributed by atoms with Crippen molar-refractivity contribution in [3.8, 4) is 0 Å². The fourth-order valence-corrected chi connectivity index (χ4v) is 3.11. The zero-order valence-electron chi connectivity index (χ0n) is 10.3. The predicted octanol–water partition coefficient (Wildman–Crippen LogP) is 5.23. The van der Waals surface area contributed by atoms with E-state index < -0.39 is 0 Å². The molecule has 0 aliphatic heterocycles. The summed E-state index contributed by atoms with van der Waals surface area (Å²) in [5.41, 5.74) is 1.04. The first kappa shape index (κ1) is 13.0. The van der Waals surface area contributed by atoms with Crippen LogP contribution in [0.2, 0.25) is 10.0 Å². The summed E-state index contributed by atoms with van der Waals surface area (Å²) in [6.45, 7) is 4.64. The molecule has 1 aliphatic rings. The largest absolute Gasteiger partial charge is 0.382 e. The van der Waals surface area contributed by atoms with Crippen molar-refractivity contribution in [2.24, 2.45) is 11.8 Å². The van der Waals surface area contributed by atoms with Gasteiger partial charge in [-0.1, -0.05) is 43.5 Å². The standard InChI is InChI=1S/C14H19Cl2N/c1-9-3-4-10(2)14(5-9)17-13-7-11(15)6-12(16)8-13/h6-10,14,17H,3-5H2,1-2H3. The van der Waals surface area contributed by atoms with Crippen molar-refractivity contribution in [2.45, 2.75) is 39.2 Å². The maximum atomic E-state index is 6.01. The van der Waals surface area contributed by atoms with Gasteiger partial charge in [0.05, 0.1) is 0 Å². The Labute approximate surface area is 114 Å². The summed E-state index contributed by atoms with van der Waals surface area (Å²) >= 11 is 12.0. The van der Waals surface area contributed by atoms with Gasteiger partial charge in [0.25, 0.3) is 0 Å². The third-order valence-electron chi connectivity index (χ3n) is 3.67. The highest BCUT2D eigenvalue weighted by atomic mass is 35.5. The van der Waals surface area contributed by atoms with Crippen LogP contribution >= 0.6 is 23.2 Å². The molecule has 3 atom stereocenters. The van der Waals surface area contributed by atoms with E-state index in [4.69, 9.17) is 23.2 Å². The van der Waals surface area contributed by atoms with Crippen molar-refractivity contribution in [1.82, 2.24) is 0 Å². The van der Waals surface area contributed by atoms with E-state index in [2.05, 4.69) is 19.2 Å². The Morgan fingerprint density at radius 3 is 2.35 bits per heavy atom. The van der Waals surface area contributed by atoms with Crippen molar-refractivity contribution in [2.75, 3.05) is 5.32 Å². The quantitative estimate of drug-likeness (QED) is 0.777. The maximum absolute atomic E-state index is 6.01. The topological polar surface area (TPSA) is 12.0 Å². The lowest BCUT2D eigenvalue weighted by Gasteiger charge is -2.34. The van der Waals surface area contributed by atoms with Crippen LogP contribution in [-0.2, 0) is 0 Å². The van der Waals surface area contributed by atoms with Crippen LogP contribution in [0.5, 0.6) is 0 Å². The lowest BCUT2D eigenvalue weighted by atomic mass is 9.80. The number of halogens is 2. The Kier molecular flexibility index (Phi) is 4.22. The van der Waals surface area contributed by atoms with Crippen molar-refractivity contribution in [3.63, 3.8) is 0 Å². The molecule has 94 valence electrons. The Bertz CT molecular complexity index is 372. The third-order valence-corrected chi connectivity index (χ3v) is 4.11. The second-order valence-electron chi connectivity index (χ2n) is 5.30. The smallest absolute Gasteiger partial charge is 0.0441 e. The molecule has 0 saturated heterocycles. The van der Waals surface area contributed by atoms with E-state index in [1.165, 1.54) is 19.3 Å². The third kappa shape index (κ3) is 3.53. The molecule has 3 heteroatoms. The Balaban J connectivity index is 2.08. The average Bonchev–Trinajstić information content (AvgIpc) is 2.22. The number of anilines is 1. The highest BCUT2D eigenvalue weighted by Gasteiger charge is 2.25. The number of hydrogen-bond acceptors (Lipinski definition) is 1. The number of rotatable bonds is 2. The summed E-state index contributed by atoms with van der Waals surface area (Å²) in [5, 5.41) is 4.96. The highest BCUT2D eigenvalue weighted by Crippen LogP contribution is 2.32. The van der Waals surface area contributed by atoms with Gasteiger partial charge in [-0.25, -0.2) is 0 Å². The van der Waals surface area contributed by atoms with Crippen molar-refractivity contribution in [3.05, 3.63) is 28.2 Å². The second-order valence-corrected chi connectivity index (χ2v) is 6.18. The van der Waals surface area contributed by atoms with Crippen LogP contribution in [-0.4, -0.2) is 6.04 Å². The van der Waals surface area contributed by atoms with Crippen molar-refractivity contribution < 1.29 is 0 Å². The molecular formula is C14H19Cl2N. The van der Waals surface area contributed by atoms with Gasteiger partial charge < -0.3 is 5.32 Å². The summed E-state index contributed by atoms with van der Waals surface area (Å²) < 4.78 is 0. The zero-order chi connectivity index (χ0) is 12.4. The van der Waals surface area contributed by atoms with Crippen molar-refractivity contribution in [1.29, 1.82) is 0 Å². The molecule has 0 amide bonds. The molecule has 1 aromatic carbocycles. The highest BCUT2D eigenvalue weighted by molar-refractivity contribution is 6.35. The molecule has 2 rings (SSSR count). The summed E-state index contributed by atoms with van der Waals surface area (Å²) in [6, 6.07) is 6.19. The minimum Gasteiger partial charge on any atom is -0.382 e. The molecule has 0 aromatic heterocycles. The van der Waals surface area contributed by atoms with Crippen LogP contribution < -0.4 is 5.32 Å². The van der Waals surface area contributed by atoms with Gasteiger partial charge in [0.2, 0.25) is 0 Å². The molecule has 0 spiro atoms.